The molecule has 94 valence electrons. The summed E-state index contributed by atoms with van der Waals surface area (Å²) in [6, 6.07) is 0. The lowest BCUT2D eigenvalue weighted by Gasteiger charge is -2.24. The van der Waals surface area contributed by atoms with Gasteiger partial charge in [0.15, 0.2) is 0 Å². The molecule has 1 aromatic heterocycles. The number of aromatic nitrogens is 2. The zero-order chi connectivity index (χ0) is 12.9. The van der Waals surface area contributed by atoms with Crippen LogP contribution in [-0.4, -0.2) is 33.6 Å². The van der Waals surface area contributed by atoms with Gasteiger partial charge < -0.3 is 10.1 Å². The summed E-state index contributed by atoms with van der Waals surface area (Å²) < 4.78 is 5.49. The second-order valence-electron chi connectivity index (χ2n) is 4.07. The van der Waals surface area contributed by atoms with Crippen molar-refractivity contribution in [1.29, 1.82) is 0 Å². The van der Waals surface area contributed by atoms with E-state index < -0.39 is 4.92 Å². The molecule has 0 spiro atoms. The number of anilines is 1. The fraction of sp³-hybridized carbons (Fsp3) is 0.600. The molecule has 0 saturated heterocycles. The predicted molar refractivity (Wildman–Crippen MR) is 62.9 cm³/mol. The number of nitrogens with one attached hydrogen (secondary N) is 1. The Hall–Kier alpha value is -1.76. The van der Waals surface area contributed by atoms with Crippen LogP contribution in [0.4, 0.5) is 11.6 Å². The molecular formula is C10H16N4O3. The van der Waals surface area contributed by atoms with Crippen LogP contribution in [0.1, 0.15) is 20.8 Å². The third-order valence-corrected chi connectivity index (χ3v) is 2.06. The normalized spacial score (nSPS) is 11.2. The van der Waals surface area contributed by atoms with Gasteiger partial charge in [-0.15, -0.1) is 0 Å². The first-order valence-electron chi connectivity index (χ1n) is 5.29. The van der Waals surface area contributed by atoms with Crippen molar-refractivity contribution in [1.82, 2.24) is 9.97 Å². The highest BCUT2D eigenvalue weighted by Gasteiger charge is 2.17. The number of hydrogen-bond acceptors (Lipinski definition) is 6. The fourth-order valence-corrected chi connectivity index (χ4v) is 1.24. The van der Waals surface area contributed by atoms with E-state index in [0.717, 1.165) is 0 Å². The first kappa shape index (κ1) is 13.3. The zero-order valence-electron chi connectivity index (χ0n) is 10.1. The van der Waals surface area contributed by atoms with Gasteiger partial charge in [0, 0.05) is 13.2 Å². The van der Waals surface area contributed by atoms with Gasteiger partial charge >= 0.3 is 5.69 Å². The van der Waals surface area contributed by atoms with Crippen LogP contribution in [0, 0.1) is 10.1 Å². The van der Waals surface area contributed by atoms with Gasteiger partial charge in [-0.25, -0.2) is 9.97 Å². The van der Waals surface area contributed by atoms with Crippen LogP contribution in [0.3, 0.4) is 0 Å². The molecule has 1 rings (SSSR count). The molecule has 0 radical (unpaired) electrons. The van der Waals surface area contributed by atoms with Crippen LogP contribution in [0.5, 0.6) is 0 Å². The minimum absolute atomic E-state index is 0.125. The molecule has 0 aliphatic carbocycles. The third-order valence-electron chi connectivity index (χ3n) is 2.06. The van der Waals surface area contributed by atoms with Gasteiger partial charge in [0.05, 0.1) is 10.5 Å². The smallest absolute Gasteiger partial charge is 0.305 e. The van der Waals surface area contributed by atoms with E-state index >= 15 is 0 Å². The lowest BCUT2D eigenvalue weighted by molar-refractivity contribution is -0.385. The molecule has 1 aromatic rings. The Balaban J connectivity index is 2.55. The van der Waals surface area contributed by atoms with E-state index in [1.807, 2.05) is 20.8 Å². The largest absolute Gasteiger partial charge is 0.374 e. The van der Waals surface area contributed by atoms with Crippen LogP contribution >= 0.6 is 0 Å². The fourth-order valence-electron chi connectivity index (χ4n) is 1.24. The highest BCUT2D eigenvalue weighted by atomic mass is 16.6. The molecule has 0 aliphatic heterocycles. The molecular weight excluding hydrogens is 224 g/mol. The van der Waals surface area contributed by atoms with Gasteiger partial charge in [-0.1, -0.05) is 0 Å². The molecule has 7 heteroatoms. The van der Waals surface area contributed by atoms with Crippen LogP contribution < -0.4 is 5.32 Å². The maximum Gasteiger partial charge on any atom is 0.305 e. The quantitative estimate of drug-likeness (QED) is 0.600. The first-order chi connectivity index (χ1) is 7.94. The monoisotopic (exact) mass is 240 g/mol. The van der Waals surface area contributed by atoms with Crippen LogP contribution in [0.2, 0.25) is 0 Å². The van der Waals surface area contributed by atoms with E-state index in [9.17, 15) is 10.1 Å². The summed E-state index contributed by atoms with van der Waals surface area (Å²) in [6.07, 6.45) is 2.34. The molecule has 0 amide bonds. The average molecular weight is 240 g/mol. The Bertz CT molecular complexity index is 378. The van der Waals surface area contributed by atoms with Crippen molar-refractivity contribution < 1.29 is 9.66 Å². The third kappa shape index (κ3) is 4.31. The number of hydrogen-bond donors (Lipinski definition) is 1. The van der Waals surface area contributed by atoms with E-state index in [4.69, 9.17) is 4.74 Å². The van der Waals surface area contributed by atoms with Crippen molar-refractivity contribution in [3.63, 3.8) is 0 Å². The first-order valence-corrected chi connectivity index (χ1v) is 5.29. The molecule has 1 heterocycles. The molecule has 7 nitrogen and oxygen atoms in total. The molecule has 0 unspecified atom stereocenters. The molecule has 0 aromatic carbocycles. The van der Waals surface area contributed by atoms with Crippen molar-refractivity contribution in [2.45, 2.75) is 26.4 Å². The molecule has 17 heavy (non-hydrogen) atoms. The van der Waals surface area contributed by atoms with Gasteiger partial charge in [0.1, 0.15) is 12.4 Å². The summed E-state index contributed by atoms with van der Waals surface area (Å²) in [6.45, 7) is 6.95. The lowest BCUT2D eigenvalue weighted by Crippen LogP contribution is -2.33. The summed E-state index contributed by atoms with van der Waals surface area (Å²) in [5.74, 6) is 0.350. The Morgan fingerprint density at radius 1 is 1.47 bits per heavy atom. The van der Waals surface area contributed by atoms with Crippen LogP contribution in [-0.2, 0) is 4.74 Å². The minimum Gasteiger partial charge on any atom is -0.374 e. The number of nitrogens with zero attached hydrogens (tertiary/aromatic N) is 3. The van der Waals surface area contributed by atoms with Crippen molar-refractivity contribution in [3.05, 3.63) is 22.5 Å². The molecule has 1 N–H and O–H groups in total. The topological polar surface area (TPSA) is 90.2 Å². The highest BCUT2D eigenvalue weighted by molar-refractivity contribution is 5.30. The van der Waals surface area contributed by atoms with E-state index in [1.54, 1.807) is 0 Å². The second kappa shape index (κ2) is 5.53. The van der Waals surface area contributed by atoms with E-state index in [2.05, 4.69) is 15.3 Å². The maximum absolute atomic E-state index is 10.4. The maximum atomic E-state index is 10.4. The summed E-state index contributed by atoms with van der Waals surface area (Å²) in [7, 11) is 0. The molecule has 0 fully saturated rings. The number of ether oxygens (including phenoxy) is 1. The van der Waals surface area contributed by atoms with Crippen molar-refractivity contribution in [2.24, 2.45) is 0 Å². The Kier molecular flexibility index (Phi) is 4.33. The van der Waals surface area contributed by atoms with Crippen LogP contribution in [0.25, 0.3) is 0 Å². The van der Waals surface area contributed by atoms with Gasteiger partial charge in [0.25, 0.3) is 0 Å². The zero-order valence-corrected chi connectivity index (χ0v) is 10.1. The van der Waals surface area contributed by atoms with Crippen molar-refractivity contribution in [3.8, 4) is 0 Å². The molecule has 0 saturated carbocycles. The highest BCUT2D eigenvalue weighted by Crippen LogP contribution is 2.11. The second-order valence-corrected chi connectivity index (χ2v) is 4.07. The van der Waals surface area contributed by atoms with Crippen molar-refractivity contribution >= 4 is 11.6 Å². The van der Waals surface area contributed by atoms with Crippen LogP contribution in [0.15, 0.2) is 12.4 Å². The SMILES string of the molecule is CCOC(C)(C)CNc1ncc([N+](=O)[O-])cn1. The summed E-state index contributed by atoms with van der Waals surface area (Å²) in [5.41, 5.74) is -0.459. The summed E-state index contributed by atoms with van der Waals surface area (Å²) in [5, 5.41) is 13.4. The predicted octanol–water partition coefficient (Wildman–Crippen LogP) is 1.61. The number of rotatable bonds is 6. The summed E-state index contributed by atoms with van der Waals surface area (Å²) in [4.78, 5) is 17.6. The van der Waals surface area contributed by atoms with E-state index in [1.165, 1.54) is 12.4 Å². The van der Waals surface area contributed by atoms with Crippen molar-refractivity contribution in [2.75, 3.05) is 18.5 Å². The standard InChI is InChI=1S/C10H16N4O3/c1-4-17-10(2,3)7-13-9-11-5-8(6-12-9)14(15)16/h5-6H,4,7H2,1-3H3,(H,11,12,13). The van der Waals surface area contributed by atoms with Gasteiger partial charge in [-0.05, 0) is 20.8 Å². The minimum atomic E-state index is -0.534. The lowest BCUT2D eigenvalue weighted by atomic mass is 10.1. The van der Waals surface area contributed by atoms with Gasteiger partial charge in [0.2, 0.25) is 5.95 Å². The molecule has 0 bridgehead atoms. The van der Waals surface area contributed by atoms with Gasteiger partial charge in [-0.3, -0.25) is 10.1 Å². The Morgan fingerprint density at radius 2 is 2.06 bits per heavy atom. The number of nitro groups is 1. The average Bonchev–Trinajstić information content (AvgIpc) is 2.27. The molecule has 0 atom stereocenters. The summed E-state index contributed by atoms with van der Waals surface area (Å²) >= 11 is 0. The Labute approximate surface area is 99.4 Å². The molecule has 0 aliphatic rings. The van der Waals surface area contributed by atoms with E-state index in [-0.39, 0.29) is 11.3 Å². The van der Waals surface area contributed by atoms with Gasteiger partial charge in [-0.2, -0.15) is 0 Å². The van der Waals surface area contributed by atoms with E-state index in [0.29, 0.717) is 19.1 Å². The Morgan fingerprint density at radius 3 is 2.53 bits per heavy atom.